The van der Waals surface area contributed by atoms with Crippen molar-refractivity contribution >= 4 is 27.7 Å². The van der Waals surface area contributed by atoms with Crippen molar-refractivity contribution < 1.29 is 13.2 Å². The second-order valence-electron chi connectivity index (χ2n) is 4.91. The summed E-state index contributed by atoms with van der Waals surface area (Å²) in [5, 5.41) is 0.627. The van der Waals surface area contributed by atoms with E-state index in [0.29, 0.717) is 36.7 Å². The van der Waals surface area contributed by atoms with Crippen LogP contribution in [0.15, 0.2) is 17.6 Å². The minimum absolute atomic E-state index is 0.0980. The van der Waals surface area contributed by atoms with Gasteiger partial charge in [0, 0.05) is 31.5 Å². The van der Waals surface area contributed by atoms with Gasteiger partial charge in [-0.05, 0) is 19.1 Å². The number of amides is 1. The minimum atomic E-state index is -3.20. The highest BCUT2D eigenvalue weighted by molar-refractivity contribution is 7.98. The van der Waals surface area contributed by atoms with Crippen LogP contribution in [0.4, 0.5) is 0 Å². The molecule has 0 aromatic carbocycles. The molecule has 0 radical (unpaired) electrons. The third-order valence-electron chi connectivity index (χ3n) is 3.22. The van der Waals surface area contributed by atoms with E-state index in [-0.39, 0.29) is 11.9 Å². The number of sulfonamides is 1. The zero-order chi connectivity index (χ0) is 15.5. The van der Waals surface area contributed by atoms with E-state index < -0.39 is 10.0 Å². The van der Waals surface area contributed by atoms with E-state index in [1.807, 2.05) is 6.26 Å². The zero-order valence-electron chi connectivity index (χ0n) is 11.9. The molecule has 9 heteroatoms. The smallest absolute Gasteiger partial charge is 0.256 e. The molecule has 0 unspecified atom stereocenters. The number of aromatic nitrogens is 2. The molecule has 2 heterocycles. The first-order valence-corrected chi connectivity index (χ1v) is 9.63. The van der Waals surface area contributed by atoms with Crippen molar-refractivity contribution in [3.63, 3.8) is 0 Å². The summed E-state index contributed by atoms with van der Waals surface area (Å²) in [6.45, 7) is 1.05. The quantitative estimate of drug-likeness (QED) is 0.633. The van der Waals surface area contributed by atoms with Crippen molar-refractivity contribution in [2.24, 2.45) is 0 Å². The van der Waals surface area contributed by atoms with Crippen LogP contribution < -0.4 is 4.72 Å². The van der Waals surface area contributed by atoms with Crippen molar-refractivity contribution in [3.8, 4) is 0 Å². The SMILES string of the molecule is CSc1ncc(C(=O)N2CCC(NS(C)(=O)=O)CC2)cn1. The van der Waals surface area contributed by atoms with E-state index >= 15 is 0 Å². The van der Waals surface area contributed by atoms with Crippen LogP contribution in [-0.4, -0.2) is 60.8 Å². The number of carbonyl (C=O) groups is 1. The van der Waals surface area contributed by atoms with Crippen LogP contribution in [0, 0.1) is 0 Å². The first-order valence-electron chi connectivity index (χ1n) is 6.51. The van der Waals surface area contributed by atoms with Gasteiger partial charge in [0.2, 0.25) is 10.0 Å². The van der Waals surface area contributed by atoms with Crippen LogP contribution in [0.1, 0.15) is 23.2 Å². The Kier molecular flexibility index (Phi) is 5.17. The molecule has 1 amide bonds. The number of carbonyl (C=O) groups excluding carboxylic acids is 1. The van der Waals surface area contributed by atoms with Crippen molar-refractivity contribution in [2.75, 3.05) is 25.6 Å². The second-order valence-corrected chi connectivity index (χ2v) is 7.47. The molecule has 1 saturated heterocycles. The molecule has 1 aromatic heterocycles. The summed E-state index contributed by atoms with van der Waals surface area (Å²) in [6, 6.07) is -0.0980. The Bertz CT molecular complexity index is 595. The van der Waals surface area contributed by atoms with Crippen molar-refractivity contribution in [2.45, 2.75) is 24.0 Å². The van der Waals surface area contributed by atoms with Crippen LogP contribution in [-0.2, 0) is 10.0 Å². The van der Waals surface area contributed by atoms with Gasteiger partial charge in [0.25, 0.3) is 5.91 Å². The summed E-state index contributed by atoms with van der Waals surface area (Å²) in [5.41, 5.74) is 0.460. The van der Waals surface area contributed by atoms with Gasteiger partial charge in [-0.15, -0.1) is 0 Å². The maximum Gasteiger partial charge on any atom is 0.256 e. The zero-order valence-corrected chi connectivity index (χ0v) is 13.6. The molecule has 21 heavy (non-hydrogen) atoms. The lowest BCUT2D eigenvalue weighted by Crippen LogP contribution is -2.46. The van der Waals surface area contributed by atoms with Crippen LogP contribution in [0.3, 0.4) is 0 Å². The van der Waals surface area contributed by atoms with Gasteiger partial charge >= 0.3 is 0 Å². The van der Waals surface area contributed by atoms with E-state index in [1.165, 1.54) is 24.2 Å². The van der Waals surface area contributed by atoms with Gasteiger partial charge in [0.05, 0.1) is 11.8 Å². The Morgan fingerprint density at radius 3 is 2.38 bits per heavy atom. The molecule has 0 spiro atoms. The van der Waals surface area contributed by atoms with Gasteiger partial charge in [-0.1, -0.05) is 11.8 Å². The summed E-state index contributed by atoms with van der Waals surface area (Å²) >= 11 is 1.42. The fourth-order valence-corrected chi connectivity index (χ4v) is 3.38. The minimum Gasteiger partial charge on any atom is -0.338 e. The number of thioether (sulfide) groups is 1. The van der Waals surface area contributed by atoms with Crippen LogP contribution in [0.25, 0.3) is 0 Å². The van der Waals surface area contributed by atoms with E-state index in [1.54, 1.807) is 4.90 Å². The first kappa shape index (κ1) is 16.2. The van der Waals surface area contributed by atoms with Crippen LogP contribution in [0.2, 0.25) is 0 Å². The molecular formula is C12H18N4O3S2. The van der Waals surface area contributed by atoms with Crippen LogP contribution in [0.5, 0.6) is 0 Å². The number of hydrogen-bond donors (Lipinski definition) is 1. The average molecular weight is 330 g/mol. The van der Waals surface area contributed by atoms with Gasteiger partial charge < -0.3 is 4.90 Å². The maximum atomic E-state index is 12.3. The molecule has 0 bridgehead atoms. The third-order valence-corrected chi connectivity index (χ3v) is 4.56. The summed E-state index contributed by atoms with van der Waals surface area (Å²) in [6.07, 6.45) is 7.31. The molecule has 1 aliphatic rings. The first-order chi connectivity index (χ1) is 9.89. The lowest BCUT2D eigenvalue weighted by Gasteiger charge is -2.31. The number of likely N-dealkylation sites (tertiary alicyclic amines) is 1. The highest BCUT2D eigenvalue weighted by Gasteiger charge is 2.25. The molecule has 116 valence electrons. The molecule has 1 aromatic rings. The molecule has 1 N–H and O–H groups in total. The molecular weight excluding hydrogens is 312 g/mol. The fraction of sp³-hybridized carbons (Fsp3) is 0.583. The third kappa shape index (κ3) is 4.65. The van der Waals surface area contributed by atoms with Crippen molar-refractivity contribution in [1.29, 1.82) is 0 Å². The topological polar surface area (TPSA) is 92.3 Å². The molecule has 0 aliphatic carbocycles. The number of nitrogens with one attached hydrogen (secondary N) is 1. The highest BCUT2D eigenvalue weighted by Crippen LogP contribution is 2.15. The number of hydrogen-bond acceptors (Lipinski definition) is 6. The molecule has 1 fully saturated rings. The average Bonchev–Trinajstić information content (AvgIpc) is 2.46. The van der Waals surface area contributed by atoms with Gasteiger partial charge in [0.15, 0.2) is 5.16 Å². The summed E-state index contributed by atoms with van der Waals surface area (Å²) in [7, 11) is -3.20. The van der Waals surface area contributed by atoms with Crippen molar-refractivity contribution in [1.82, 2.24) is 19.6 Å². The second kappa shape index (κ2) is 6.71. The molecule has 2 rings (SSSR count). The fourth-order valence-electron chi connectivity index (χ4n) is 2.22. The Hall–Kier alpha value is -1.19. The largest absolute Gasteiger partial charge is 0.338 e. The highest BCUT2D eigenvalue weighted by atomic mass is 32.2. The molecule has 0 atom stereocenters. The Labute approximate surface area is 128 Å². The normalized spacial score (nSPS) is 17.0. The van der Waals surface area contributed by atoms with E-state index in [9.17, 15) is 13.2 Å². The summed E-state index contributed by atoms with van der Waals surface area (Å²) in [5.74, 6) is -0.111. The number of rotatable bonds is 4. The Balaban J connectivity index is 1.93. The predicted molar refractivity (Wildman–Crippen MR) is 80.7 cm³/mol. The Morgan fingerprint density at radius 1 is 1.33 bits per heavy atom. The summed E-state index contributed by atoms with van der Waals surface area (Å²) < 4.78 is 25.0. The monoisotopic (exact) mass is 330 g/mol. The Morgan fingerprint density at radius 2 is 1.90 bits per heavy atom. The van der Waals surface area contributed by atoms with Gasteiger partial charge in [-0.3, -0.25) is 4.79 Å². The predicted octanol–water partition coefficient (Wildman–Crippen LogP) is 0.352. The van der Waals surface area contributed by atoms with Gasteiger partial charge in [-0.2, -0.15) is 0 Å². The maximum absolute atomic E-state index is 12.3. The van der Waals surface area contributed by atoms with E-state index in [4.69, 9.17) is 0 Å². The molecule has 7 nitrogen and oxygen atoms in total. The lowest BCUT2D eigenvalue weighted by molar-refractivity contribution is 0.0710. The molecule has 1 aliphatic heterocycles. The van der Waals surface area contributed by atoms with Gasteiger partial charge in [-0.25, -0.2) is 23.1 Å². The standard InChI is InChI=1S/C12H18N4O3S2/c1-20-12-13-7-9(8-14-12)11(17)16-5-3-10(4-6-16)15-21(2,18)19/h7-8,10,15H,3-6H2,1-2H3. The van der Waals surface area contributed by atoms with Gasteiger partial charge in [0.1, 0.15) is 0 Å². The van der Waals surface area contributed by atoms with Crippen molar-refractivity contribution in [3.05, 3.63) is 18.0 Å². The number of nitrogens with zero attached hydrogens (tertiary/aromatic N) is 3. The summed E-state index contributed by atoms with van der Waals surface area (Å²) in [4.78, 5) is 22.2. The molecule has 0 saturated carbocycles. The van der Waals surface area contributed by atoms with E-state index in [0.717, 1.165) is 6.26 Å². The number of piperidine rings is 1. The van der Waals surface area contributed by atoms with E-state index in [2.05, 4.69) is 14.7 Å². The van der Waals surface area contributed by atoms with Crippen LogP contribution >= 0.6 is 11.8 Å². The lowest BCUT2D eigenvalue weighted by atomic mass is 10.1.